The van der Waals surface area contributed by atoms with E-state index in [1.165, 1.54) is 16.7 Å². The minimum Gasteiger partial charge on any atom is -0.469 e. The molecule has 1 aliphatic heterocycles. The molecule has 0 saturated carbocycles. The van der Waals surface area contributed by atoms with Crippen LogP contribution in [0, 0.1) is 6.92 Å². The van der Waals surface area contributed by atoms with E-state index < -0.39 is 5.25 Å². The Bertz CT molecular complexity index is 1350. The van der Waals surface area contributed by atoms with Crippen molar-refractivity contribution in [2.24, 2.45) is 0 Å². The van der Waals surface area contributed by atoms with Gasteiger partial charge in [0.2, 0.25) is 11.8 Å². The van der Waals surface area contributed by atoms with Crippen LogP contribution in [0.3, 0.4) is 0 Å². The number of thioether (sulfide) groups is 1. The van der Waals surface area contributed by atoms with Gasteiger partial charge in [0.1, 0.15) is 12.3 Å². The molecule has 1 N–H and O–H groups in total. The number of nitrogens with zero attached hydrogens (tertiary/aromatic N) is 4. The highest BCUT2D eigenvalue weighted by Crippen LogP contribution is 2.33. The zero-order chi connectivity index (χ0) is 23.7. The van der Waals surface area contributed by atoms with E-state index in [4.69, 9.17) is 4.42 Å². The normalized spacial score (nSPS) is 13.9. The van der Waals surface area contributed by atoms with Crippen molar-refractivity contribution in [2.75, 3.05) is 16.8 Å². The number of aryl methyl sites for hydroxylation is 1. The Hall–Kier alpha value is -3.85. The Morgan fingerprint density at radius 3 is 2.65 bits per heavy atom. The number of aromatic nitrogens is 3. The van der Waals surface area contributed by atoms with E-state index in [1.54, 1.807) is 12.3 Å². The highest BCUT2D eigenvalue weighted by Gasteiger charge is 2.31. The molecule has 3 heterocycles. The van der Waals surface area contributed by atoms with Gasteiger partial charge >= 0.3 is 0 Å². The lowest BCUT2D eigenvalue weighted by Gasteiger charge is -2.30. The van der Waals surface area contributed by atoms with Gasteiger partial charge in [-0.05, 0) is 37.6 Å². The summed E-state index contributed by atoms with van der Waals surface area (Å²) < 4.78 is 7.49. The average Bonchev–Trinajstić information content (AvgIpc) is 3.44. The number of hydrogen-bond donors (Lipinski definition) is 1. The van der Waals surface area contributed by atoms with Crippen LogP contribution in [0.15, 0.2) is 76.5 Å². The minimum absolute atomic E-state index is 0.0169. The lowest BCUT2D eigenvalue weighted by molar-refractivity contribution is -0.121. The molecule has 0 unspecified atom stereocenters. The van der Waals surface area contributed by atoms with Crippen molar-refractivity contribution in [1.82, 2.24) is 14.8 Å². The van der Waals surface area contributed by atoms with Gasteiger partial charge in [0.25, 0.3) is 0 Å². The van der Waals surface area contributed by atoms with Crippen molar-refractivity contribution in [3.8, 4) is 11.4 Å². The summed E-state index contributed by atoms with van der Waals surface area (Å²) >= 11 is 1.33. The van der Waals surface area contributed by atoms with Crippen molar-refractivity contribution in [2.45, 2.75) is 30.8 Å². The number of amides is 2. The number of hydrogen-bond acceptors (Lipinski definition) is 6. The van der Waals surface area contributed by atoms with Crippen LogP contribution >= 0.6 is 11.8 Å². The van der Waals surface area contributed by atoms with E-state index in [9.17, 15) is 9.59 Å². The number of carbonyl (C=O) groups excluding carboxylic acids is 2. The van der Waals surface area contributed by atoms with Gasteiger partial charge < -0.3 is 9.73 Å². The molecule has 0 radical (unpaired) electrons. The third-order valence-corrected chi connectivity index (χ3v) is 6.73. The molecule has 5 rings (SSSR count). The SMILES string of the molecule is Cc1occc1-c1nnc(S[C@@H](C)C(=O)N2CC(=O)Nc3ccccc32)n1Cc1ccccc1. The number of carbonyl (C=O) groups is 2. The quantitative estimate of drug-likeness (QED) is 0.418. The molecule has 0 spiro atoms. The lowest BCUT2D eigenvalue weighted by Crippen LogP contribution is -2.45. The Morgan fingerprint density at radius 2 is 1.88 bits per heavy atom. The van der Waals surface area contributed by atoms with E-state index >= 15 is 0 Å². The Morgan fingerprint density at radius 1 is 1.12 bits per heavy atom. The summed E-state index contributed by atoms with van der Waals surface area (Å²) in [6.07, 6.45) is 1.63. The molecule has 172 valence electrons. The van der Waals surface area contributed by atoms with Crippen LogP contribution in [-0.4, -0.2) is 38.4 Å². The van der Waals surface area contributed by atoms with Gasteiger partial charge in [-0.1, -0.05) is 54.2 Å². The first-order chi connectivity index (χ1) is 16.5. The molecule has 2 aromatic heterocycles. The van der Waals surface area contributed by atoms with Gasteiger partial charge in [-0.25, -0.2) is 0 Å². The number of nitrogens with one attached hydrogen (secondary N) is 1. The monoisotopic (exact) mass is 473 g/mol. The summed E-state index contributed by atoms with van der Waals surface area (Å²) in [5.41, 5.74) is 3.28. The summed E-state index contributed by atoms with van der Waals surface area (Å²) in [4.78, 5) is 27.2. The summed E-state index contributed by atoms with van der Waals surface area (Å²) in [7, 11) is 0. The van der Waals surface area contributed by atoms with Crippen molar-refractivity contribution in [3.63, 3.8) is 0 Å². The zero-order valence-corrected chi connectivity index (χ0v) is 19.6. The molecule has 2 aromatic carbocycles. The molecule has 0 saturated heterocycles. The van der Waals surface area contributed by atoms with Crippen molar-refractivity contribution < 1.29 is 14.0 Å². The molecule has 0 bridgehead atoms. The van der Waals surface area contributed by atoms with Gasteiger partial charge in [0.05, 0.1) is 35.0 Å². The highest BCUT2D eigenvalue weighted by atomic mass is 32.2. The number of benzene rings is 2. The molecule has 0 aliphatic carbocycles. The maximum absolute atomic E-state index is 13.4. The fourth-order valence-corrected chi connectivity index (χ4v) is 4.87. The molecular weight excluding hydrogens is 450 g/mol. The average molecular weight is 474 g/mol. The van der Waals surface area contributed by atoms with Crippen LogP contribution in [0.1, 0.15) is 18.2 Å². The van der Waals surface area contributed by atoms with Crippen LogP contribution in [0.25, 0.3) is 11.4 Å². The third-order valence-electron chi connectivity index (χ3n) is 5.67. The first-order valence-electron chi connectivity index (χ1n) is 10.9. The van der Waals surface area contributed by atoms with Gasteiger partial charge in [-0.3, -0.25) is 19.1 Å². The maximum Gasteiger partial charge on any atom is 0.244 e. The highest BCUT2D eigenvalue weighted by molar-refractivity contribution is 8.00. The lowest BCUT2D eigenvalue weighted by atomic mass is 10.2. The fraction of sp³-hybridized carbons (Fsp3) is 0.200. The standard InChI is InChI=1S/C25H23N5O3S/c1-16-19(12-13-33-16)23-27-28-25(30(23)14-18-8-4-3-5-9-18)34-17(2)24(32)29-15-22(31)26-20-10-6-7-11-21(20)29/h3-13,17H,14-15H2,1-2H3,(H,26,31)/t17-/m0/s1. The van der Waals surface area contributed by atoms with Gasteiger partial charge in [-0.15, -0.1) is 10.2 Å². The second-order valence-electron chi connectivity index (χ2n) is 8.02. The Balaban J connectivity index is 1.45. The van der Waals surface area contributed by atoms with E-state index in [-0.39, 0.29) is 18.4 Å². The molecule has 2 amide bonds. The van der Waals surface area contributed by atoms with Crippen LogP contribution in [0.2, 0.25) is 0 Å². The third kappa shape index (κ3) is 4.22. The molecule has 4 aromatic rings. The number of anilines is 2. The minimum atomic E-state index is -0.490. The van der Waals surface area contributed by atoms with Crippen molar-refractivity contribution >= 4 is 35.0 Å². The number of para-hydroxylation sites is 2. The smallest absolute Gasteiger partial charge is 0.244 e. The first kappa shape index (κ1) is 22.0. The molecule has 9 heteroatoms. The van der Waals surface area contributed by atoms with Gasteiger partial charge in [0.15, 0.2) is 11.0 Å². The Kier molecular flexibility index (Phi) is 5.93. The molecule has 34 heavy (non-hydrogen) atoms. The van der Waals surface area contributed by atoms with E-state index in [0.717, 1.165) is 16.9 Å². The van der Waals surface area contributed by atoms with Crippen molar-refractivity contribution in [1.29, 1.82) is 0 Å². The number of rotatable bonds is 6. The van der Waals surface area contributed by atoms with E-state index in [2.05, 4.69) is 15.5 Å². The molecule has 8 nitrogen and oxygen atoms in total. The van der Waals surface area contributed by atoms with Crippen LogP contribution in [0.5, 0.6) is 0 Å². The molecular formula is C25H23N5O3S. The number of fused-ring (bicyclic) bond motifs is 1. The summed E-state index contributed by atoms with van der Waals surface area (Å²) in [6, 6.07) is 19.2. The Labute approximate surface area is 201 Å². The van der Waals surface area contributed by atoms with Gasteiger partial charge in [0, 0.05) is 0 Å². The molecule has 1 atom stereocenters. The van der Waals surface area contributed by atoms with Crippen LogP contribution in [0.4, 0.5) is 11.4 Å². The van der Waals surface area contributed by atoms with Crippen LogP contribution < -0.4 is 10.2 Å². The zero-order valence-electron chi connectivity index (χ0n) is 18.8. The van der Waals surface area contributed by atoms with Crippen LogP contribution in [-0.2, 0) is 16.1 Å². The maximum atomic E-state index is 13.4. The summed E-state index contributed by atoms with van der Waals surface area (Å²) in [6.45, 7) is 4.24. The summed E-state index contributed by atoms with van der Waals surface area (Å²) in [5.74, 6) is 1.05. The van der Waals surface area contributed by atoms with Crippen molar-refractivity contribution in [3.05, 3.63) is 78.3 Å². The fourth-order valence-electron chi connectivity index (χ4n) is 3.96. The molecule has 0 fully saturated rings. The van der Waals surface area contributed by atoms with Gasteiger partial charge in [-0.2, -0.15) is 0 Å². The first-order valence-corrected chi connectivity index (χ1v) is 11.8. The predicted molar refractivity (Wildman–Crippen MR) is 131 cm³/mol. The largest absolute Gasteiger partial charge is 0.469 e. The summed E-state index contributed by atoms with van der Waals surface area (Å²) in [5, 5.41) is 11.8. The number of furan rings is 1. The second kappa shape index (κ2) is 9.18. The molecule has 1 aliphatic rings. The predicted octanol–water partition coefficient (Wildman–Crippen LogP) is 4.36. The van der Waals surface area contributed by atoms with E-state index in [1.807, 2.05) is 73.0 Å². The van der Waals surface area contributed by atoms with E-state index in [0.29, 0.717) is 28.9 Å². The second-order valence-corrected chi connectivity index (χ2v) is 9.33. The topological polar surface area (TPSA) is 93.3 Å².